The van der Waals surface area contributed by atoms with Crippen LogP contribution in [0.25, 0.3) is 0 Å². The first-order chi connectivity index (χ1) is 10.1. The summed E-state index contributed by atoms with van der Waals surface area (Å²) < 4.78 is 15.9. The lowest BCUT2D eigenvalue weighted by atomic mass is 10.0. The summed E-state index contributed by atoms with van der Waals surface area (Å²) in [5.74, 6) is 2.26. The number of hydrogen-bond acceptors (Lipinski definition) is 3. The number of alkyl halides is 1. The van der Waals surface area contributed by atoms with Crippen LogP contribution in [0.15, 0.2) is 36.4 Å². The number of hydrogen-bond donors (Lipinski definition) is 0. The second-order valence-electron chi connectivity index (χ2n) is 4.36. The fraction of sp³-hybridized carbons (Fsp3) is 0.250. The summed E-state index contributed by atoms with van der Waals surface area (Å²) >= 11 is 10.0. The topological polar surface area (TPSA) is 27.7 Å². The van der Waals surface area contributed by atoms with Gasteiger partial charge in [0.2, 0.25) is 0 Å². The Labute approximate surface area is 137 Å². The van der Waals surface area contributed by atoms with Crippen molar-refractivity contribution in [3.8, 4) is 17.2 Å². The highest BCUT2D eigenvalue weighted by molar-refractivity contribution is 9.09. The van der Waals surface area contributed by atoms with Crippen LogP contribution in [0.5, 0.6) is 17.2 Å². The zero-order chi connectivity index (χ0) is 15.4. The second kappa shape index (κ2) is 7.05. The molecule has 1 atom stereocenters. The summed E-state index contributed by atoms with van der Waals surface area (Å²) in [6.45, 7) is 0. The van der Waals surface area contributed by atoms with E-state index in [9.17, 15) is 0 Å². The van der Waals surface area contributed by atoms with Gasteiger partial charge < -0.3 is 14.2 Å². The van der Waals surface area contributed by atoms with E-state index in [1.807, 2.05) is 30.3 Å². The first-order valence-corrected chi connectivity index (χ1v) is 7.59. The van der Waals surface area contributed by atoms with Crippen LogP contribution in [0, 0.1) is 0 Å². The average Bonchev–Trinajstić information content (AvgIpc) is 2.53. The molecule has 112 valence electrons. The van der Waals surface area contributed by atoms with E-state index in [1.54, 1.807) is 27.4 Å². The van der Waals surface area contributed by atoms with E-state index in [0.717, 1.165) is 28.4 Å². The zero-order valence-electron chi connectivity index (χ0n) is 12.0. The molecule has 0 aliphatic heterocycles. The maximum absolute atomic E-state index is 6.34. The van der Waals surface area contributed by atoms with E-state index >= 15 is 0 Å². The minimum atomic E-state index is -0.110. The van der Waals surface area contributed by atoms with Gasteiger partial charge in [-0.1, -0.05) is 33.6 Å². The Morgan fingerprint density at radius 3 is 2.05 bits per heavy atom. The minimum Gasteiger partial charge on any atom is -0.497 e. The SMILES string of the molecule is COc1ccc(C(Br)c2cc(OC)ccc2OC)c(Cl)c1. The highest BCUT2D eigenvalue weighted by Gasteiger charge is 2.19. The summed E-state index contributed by atoms with van der Waals surface area (Å²) in [7, 11) is 4.89. The Kier molecular flexibility index (Phi) is 5.37. The monoisotopic (exact) mass is 370 g/mol. The zero-order valence-corrected chi connectivity index (χ0v) is 14.4. The van der Waals surface area contributed by atoms with Gasteiger partial charge in [-0.3, -0.25) is 0 Å². The third kappa shape index (κ3) is 3.44. The van der Waals surface area contributed by atoms with Crippen molar-refractivity contribution < 1.29 is 14.2 Å². The van der Waals surface area contributed by atoms with Crippen molar-refractivity contribution in [2.24, 2.45) is 0 Å². The van der Waals surface area contributed by atoms with Crippen LogP contribution in [0.3, 0.4) is 0 Å². The van der Waals surface area contributed by atoms with Gasteiger partial charge in [-0.2, -0.15) is 0 Å². The lowest BCUT2D eigenvalue weighted by Crippen LogP contribution is -1.99. The lowest BCUT2D eigenvalue weighted by molar-refractivity contribution is 0.399. The normalized spacial score (nSPS) is 11.9. The highest BCUT2D eigenvalue weighted by Crippen LogP contribution is 2.41. The molecule has 0 saturated carbocycles. The molecule has 2 rings (SSSR count). The quantitative estimate of drug-likeness (QED) is 0.703. The predicted octanol–water partition coefficient (Wildman–Crippen LogP) is 4.85. The van der Waals surface area contributed by atoms with Gasteiger partial charge in [-0.15, -0.1) is 0 Å². The van der Waals surface area contributed by atoms with Gasteiger partial charge in [-0.25, -0.2) is 0 Å². The van der Waals surface area contributed by atoms with Gasteiger partial charge in [0.05, 0.1) is 26.2 Å². The van der Waals surface area contributed by atoms with Gasteiger partial charge >= 0.3 is 0 Å². The van der Waals surface area contributed by atoms with Gasteiger partial charge in [-0.05, 0) is 35.9 Å². The van der Waals surface area contributed by atoms with Crippen molar-refractivity contribution in [1.29, 1.82) is 0 Å². The number of rotatable bonds is 5. The lowest BCUT2D eigenvalue weighted by Gasteiger charge is -2.17. The van der Waals surface area contributed by atoms with Gasteiger partial charge in [0.25, 0.3) is 0 Å². The Bertz CT molecular complexity index is 631. The van der Waals surface area contributed by atoms with Crippen molar-refractivity contribution in [1.82, 2.24) is 0 Å². The molecule has 3 nitrogen and oxygen atoms in total. The van der Waals surface area contributed by atoms with Crippen LogP contribution in [0.2, 0.25) is 5.02 Å². The van der Waals surface area contributed by atoms with E-state index < -0.39 is 0 Å². The summed E-state index contributed by atoms with van der Waals surface area (Å²) in [4.78, 5) is -0.110. The first-order valence-electron chi connectivity index (χ1n) is 6.30. The van der Waals surface area contributed by atoms with Crippen LogP contribution >= 0.6 is 27.5 Å². The van der Waals surface area contributed by atoms with Gasteiger partial charge in [0, 0.05) is 10.6 Å². The molecule has 0 heterocycles. The Morgan fingerprint density at radius 1 is 0.857 bits per heavy atom. The predicted molar refractivity (Wildman–Crippen MR) is 88.3 cm³/mol. The summed E-state index contributed by atoms with van der Waals surface area (Å²) in [5.41, 5.74) is 1.88. The molecule has 0 saturated heterocycles. The van der Waals surface area contributed by atoms with Crippen LogP contribution in [0.4, 0.5) is 0 Å². The standard InChI is InChI=1S/C16H16BrClO3/c1-19-10-5-7-15(21-3)13(8-10)16(17)12-6-4-11(20-2)9-14(12)18/h4-9,16H,1-3H3. The molecule has 2 aromatic carbocycles. The van der Waals surface area contributed by atoms with Crippen molar-refractivity contribution >= 4 is 27.5 Å². The van der Waals surface area contributed by atoms with Crippen LogP contribution in [-0.2, 0) is 0 Å². The van der Waals surface area contributed by atoms with E-state index in [4.69, 9.17) is 25.8 Å². The summed E-state index contributed by atoms with van der Waals surface area (Å²) in [6, 6.07) is 11.3. The van der Waals surface area contributed by atoms with Crippen molar-refractivity contribution in [3.05, 3.63) is 52.5 Å². The largest absolute Gasteiger partial charge is 0.497 e. The van der Waals surface area contributed by atoms with Crippen molar-refractivity contribution in [2.45, 2.75) is 4.83 Å². The molecule has 0 aromatic heterocycles. The highest BCUT2D eigenvalue weighted by atomic mass is 79.9. The Morgan fingerprint density at radius 2 is 1.48 bits per heavy atom. The fourth-order valence-electron chi connectivity index (χ4n) is 2.05. The van der Waals surface area contributed by atoms with Gasteiger partial charge in [0.15, 0.2) is 0 Å². The Hall–Kier alpha value is -1.39. The first kappa shape index (κ1) is 16.0. The molecule has 0 aliphatic rings. The minimum absolute atomic E-state index is 0.110. The van der Waals surface area contributed by atoms with Crippen molar-refractivity contribution in [2.75, 3.05) is 21.3 Å². The van der Waals surface area contributed by atoms with Crippen LogP contribution < -0.4 is 14.2 Å². The molecule has 21 heavy (non-hydrogen) atoms. The van der Waals surface area contributed by atoms with E-state index in [0.29, 0.717) is 5.02 Å². The van der Waals surface area contributed by atoms with Crippen LogP contribution in [-0.4, -0.2) is 21.3 Å². The number of halogens is 2. The van der Waals surface area contributed by atoms with E-state index in [1.165, 1.54) is 0 Å². The molecule has 0 radical (unpaired) electrons. The molecule has 0 amide bonds. The average molecular weight is 372 g/mol. The number of benzene rings is 2. The third-order valence-electron chi connectivity index (χ3n) is 3.19. The maximum Gasteiger partial charge on any atom is 0.123 e. The third-order valence-corrected chi connectivity index (χ3v) is 4.50. The van der Waals surface area contributed by atoms with Crippen molar-refractivity contribution in [3.63, 3.8) is 0 Å². The molecular formula is C16H16BrClO3. The smallest absolute Gasteiger partial charge is 0.123 e. The molecule has 0 spiro atoms. The van der Waals surface area contributed by atoms with E-state index in [2.05, 4.69) is 15.9 Å². The second-order valence-corrected chi connectivity index (χ2v) is 5.68. The molecular weight excluding hydrogens is 356 g/mol. The van der Waals surface area contributed by atoms with E-state index in [-0.39, 0.29) is 4.83 Å². The fourth-order valence-corrected chi connectivity index (χ4v) is 3.21. The molecule has 0 N–H and O–H groups in total. The molecule has 5 heteroatoms. The molecule has 0 aliphatic carbocycles. The number of methoxy groups -OCH3 is 3. The van der Waals surface area contributed by atoms with Gasteiger partial charge in [0.1, 0.15) is 17.2 Å². The molecule has 0 bridgehead atoms. The van der Waals surface area contributed by atoms with Crippen LogP contribution in [0.1, 0.15) is 16.0 Å². The Balaban J connectivity index is 2.45. The molecule has 1 unspecified atom stereocenters. The maximum atomic E-state index is 6.34. The summed E-state index contributed by atoms with van der Waals surface area (Å²) in [6.07, 6.45) is 0. The molecule has 2 aromatic rings. The number of ether oxygens (including phenoxy) is 3. The summed E-state index contributed by atoms with van der Waals surface area (Å²) in [5, 5.41) is 0.626. The molecule has 0 fully saturated rings.